The topological polar surface area (TPSA) is 53.2 Å². The van der Waals surface area contributed by atoms with Crippen LogP contribution in [0.4, 0.5) is 0 Å². The summed E-state index contributed by atoms with van der Waals surface area (Å²) in [6, 6.07) is 15.4. The van der Waals surface area contributed by atoms with Crippen molar-refractivity contribution < 1.29 is 9.84 Å². The van der Waals surface area contributed by atoms with E-state index >= 15 is 0 Å². The average Bonchev–Trinajstić information content (AvgIpc) is 2.50. The molecule has 0 spiro atoms. The van der Waals surface area contributed by atoms with Gasteiger partial charge in [0.25, 0.3) is 0 Å². The van der Waals surface area contributed by atoms with Crippen LogP contribution < -0.4 is 4.74 Å². The van der Waals surface area contributed by atoms with Gasteiger partial charge in [-0.05, 0) is 35.9 Å². The van der Waals surface area contributed by atoms with E-state index in [0.717, 1.165) is 16.2 Å². The number of nitrogens with zero attached hydrogens (tertiary/aromatic N) is 1. The minimum Gasteiger partial charge on any atom is -0.456 e. The van der Waals surface area contributed by atoms with Crippen molar-refractivity contribution in [3.8, 4) is 17.6 Å². The molecule has 3 nitrogen and oxygen atoms in total. The molecule has 4 heteroatoms. The largest absolute Gasteiger partial charge is 0.456 e. The fourth-order valence-corrected chi connectivity index (χ4v) is 2.81. The number of hydrogen-bond acceptors (Lipinski definition) is 4. The van der Waals surface area contributed by atoms with Crippen LogP contribution in [0.1, 0.15) is 18.1 Å². The molecule has 21 heavy (non-hydrogen) atoms. The number of benzene rings is 2. The van der Waals surface area contributed by atoms with Crippen molar-refractivity contribution in [3.63, 3.8) is 0 Å². The lowest BCUT2D eigenvalue weighted by molar-refractivity contribution is 0.298. The molecule has 2 rings (SSSR count). The molecule has 0 aromatic heterocycles. The molecule has 0 aliphatic rings. The zero-order valence-corrected chi connectivity index (χ0v) is 12.7. The highest BCUT2D eigenvalue weighted by atomic mass is 32.2. The maximum atomic E-state index is 9.39. The van der Waals surface area contributed by atoms with Crippen molar-refractivity contribution in [2.45, 2.75) is 18.2 Å². The van der Waals surface area contributed by atoms with E-state index in [1.54, 1.807) is 17.8 Å². The molecule has 0 bridgehead atoms. The highest BCUT2D eigenvalue weighted by molar-refractivity contribution is 7.99. The number of nitriles is 1. The highest BCUT2D eigenvalue weighted by Crippen LogP contribution is 2.33. The van der Waals surface area contributed by atoms with E-state index in [0.29, 0.717) is 23.5 Å². The first kappa shape index (κ1) is 15.4. The minimum atomic E-state index is 0.0667. The third-order valence-electron chi connectivity index (χ3n) is 2.97. The summed E-state index contributed by atoms with van der Waals surface area (Å²) >= 11 is 1.62. The van der Waals surface area contributed by atoms with E-state index in [4.69, 9.17) is 9.84 Å². The molecule has 0 aliphatic heterocycles. The fraction of sp³-hybridized carbons (Fsp3) is 0.235. The van der Waals surface area contributed by atoms with Gasteiger partial charge in [-0.25, -0.2) is 0 Å². The van der Waals surface area contributed by atoms with Gasteiger partial charge in [-0.2, -0.15) is 5.26 Å². The zero-order chi connectivity index (χ0) is 15.1. The molecule has 0 saturated carbocycles. The maximum Gasteiger partial charge on any atom is 0.146 e. The van der Waals surface area contributed by atoms with Gasteiger partial charge in [0, 0.05) is 11.5 Å². The van der Waals surface area contributed by atoms with Gasteiger partial charge < -0.3 is 9.84 Å². The van der Waals surface area contributed by atoms with Crippen molar-refractivity contribution in [2.24, 2.45) is 0 Å². The third-order valence-corrected chi connectivity index (χ3v) is 3.91. The van der Waals surface area contributed by atoms with Gasteiger partial charge in [0.1, 0.15) is 23.1 Å². The van der Waals surface area contributed by atoms with Gasteiger partial charge >= 0.3 is 0 Å². The van der Waals surface area contributed by atoms with Gasteiger partial charge in [-0.15, -0.1) is 11.8 Å². The summed E-state index contributed by atoms with van der Waals surface area (Å²) in [6.45, 7) is 2.12. The van der Waals surface area contributed by atoms with Gasteiger partial charge in [-0.3, -0.25) is 0 Å². The lowest BCUT2D eigenvalue weighted by Gasteiger charge is -2.13. The molecular formula is C17H17NO2S. The predicted molar refractivity (Wildman–Crippen MR) is 84.9 cm³/mol. The summed E-state index contributed by atoms with van der Waals surface area (Å²) in [5.74, 6) is 2.14. The Labute approximate surface area is 129 Å². The van der Waals surface area contributed by atoms with Crippen molar-refractivity contribution in [3.05, 3.63) is 53.6 Å². The van der Waals surface area contributed by atoms with Crippen LogP contribution >= 0.6 is 11.8 Å². The molecule has 0 amide bonds. The molecule has 0 unspecified atom stereocenters. The van der Waals surface area contributed by atoms with Gasteiger partial charge in [0.2, 0.25) is 0 Å². The molecule has 0 aliphatic carbocycles. The molecule has 0 fully saturated rings. The normalized spacial score (nSPS) is 10.1. The molecule has 0 radical (unpaired) electrons. The summed E-state index contributed by atoms with van der Waals surface area (Å²) in [5, 5.41) is 18.5. The predicted octanol–water partition coefficient (Wildman–Crippen LogP) is 4.00. The summed E-state index contributed by atoms with van der Waals surface area (Å²) in [4.78, 5) is 0.928. The molecule has 1 N–H and O–H groups in total. The van der Waals surface area contributed by atoms with Crippen molar-refractivity contribution >= 4 is 11.8 Å². The van der Waals surface area contributed by atoms with Crippen molar-refractivity contribution in [1.82, 2.24) is 0 Å². The number of para-hydroxylation sites is 1. The Hall–Kier alpha value is -1.96. The summed E-state index contributed by atoms with van der Waals surface area (Å²) < 4.78 is 5.92. The number of aliphatic hydroxyl groups is 1. The number of thioether (sulfide) groups is 1. The molecule has 2 aromatic rings. The van der Waals surface area contributed by atoms with Crippen LogP contribution in [0.25, 0.3) is 0 Å². The number of rotatable bonds is 6. The number of aliphatic hydroxyl groups excluding tert-OH is 1. The van der Waals surface area contributed by atoms with Crippen LogP contribution in [0.15, 0.2) is 47.4 Å². The molecule has 0 heterocycles. The average molecular weight is 299 g/mol. The van der Waals surface area contributed by atoms with Crippen LogP contribution in [0.2, 0.25) is 0 Å². The van der Waals surface area contributed by atoms with Crippen LogP contribution in [-0.4, -0.2) is 17.5 Å². The van der Waals surface area contributed by atoms with Crippen LogP contribution in [-0.2, 0) is 6.42 Å². The first-order valence-electron chi connectivity index (χ1n) is 6.82. The lowest BCUT2D eigenvalue weighted by atomic mass is 10.1. The Kier molecular flexibility index (Phi) is 5.68. The van der Waals surface area contributed by atoms with E-state index < -0.39 is 0 Å². The number of ether oxygens (including phenoxy) is 1. The fourth-order valence-electron chi connectivity index (χ4n) is 2.03. The molecule has 0 saturated heterocycles. The molecule has 2 aromatic carbocycles. The van der Waals surface area contributed by atoms with Gasteiger partial charge in [0.15, 0.2) is 0 Å². The summed E-state index contributed by atoms with van der Waals surface area (Å²) in [6.07, 6.45) is 0.529. The number of hydrogen-bond donors (Lipinski definition) is 1. The Bertz CT molecular complexity index is 649. The van der Waals surface area contributed by atoms with Gasteiger partial charge in [0.05, 0.1) is 0 Å². The monoisotopic (exact) mass is 299 g/mol. The van der Waals surface area contributed by atoms with E-state index in [9.17, 15) is 5.26 Å². The lowest BCUT2D eigenvalue weighted by Crippen LogP contribution is -1.97. The third kappa shape index (κ3) is 3.78. The molecule has 108 valence electrons. The molecular weight excluding hydrogens is 282 g/mol. The summed E-state index contributed by atoms with van der Waals surface area (Å²) in [7, 11) is 0. The van der Waals surface area contributed by atoms with Crippen molar-refractivity contribution in [1.29, 1.82) is 5.26 Å². The van der Waals surface area contributed by atoms with E-state index in [-0.39, 0.29) is 6.61 Å². The Morgan fingerprint density at radius 3 is 2.62 bits per heavy atom. The first-order valence-corrected chi connectivity index (χ1v) is 7.81. The van der Waals surface area contributed by atoms with Crippen LogP contribution in [0, 0.1) is 11.3 Å². The second-order valence-electron chi connectivity index (χ2n) is 4.36. The second kappa shape index (κ2) is 7.72. The van der Waals surface area contributed by atoms with Crippen molar-refractivity contribution in [2.75, 3.05) is 12.4 Å². The molecule has 0 atom stereocenters. The van der Waals surface area contributed by atoms with E-state index in [1.165, 1.54) is 0 Å². The minimum absolute atomic E-state index is 0.0667. The zero-order valence-electron chi connectivity index (χ0n) is 11.9. The maximum absolute atomic E-state index is 9.39. The standard InChI is InChI=1S/C17H17NO2S/c1-2-21-17-9-5-8-16(14(17)12-18)20-15-7-4-3-6-13(15)10-11-19/h3-9,19H,2,10-11H2,1H3. The van der Waals surface area contributed by atoms with Crippen LogP contribution in [0.3, 0.4) is 0 Å². The second-order valence-corrected chi connectivity index (χ2v) is 5.66. The SMILES string of the molecule is CCSc1cccc(Oc2ccccc2CCO)c1C#N. The van der Waals surface area contributed by atoms with Gasteiger partial charge in [-0.1, -0.05) is 31.2 Å². The van der Waals surface area contributed by atoms with E-state index in [2.05, 4.69) is 13.0 Å². The quantitative estimate of drug-likeness (QED) is 0.819. The Morgan fingerprint density at radius 1 is 1.14 bits per heavy atom. The smallest absolute Gasteiger partial charge is 0.146 e. The Morgan fingerprint density at radius 2 is 1.90 bits per heavy atom. The van der Waals surface area contributed by atoms with E-state index in [1.807, 2.05) is 36.4 Å². The van der Waals surface area contributed by atoms with Crippen LogP contribution in [0.5, 0.6) is 11.5 Å². The first-order chi connectivity index (χ1) is 10.3. The Balaban J connectivity index is 2.36. The summed E-state index contributed by atoms with van der Waals surface area (Å²) in [5.41, 5.74) is 1.49. The highest BCUT2D eigenvalue weighted by Gasteiger charge is 2.11.